The van der Waals surface area contributed by atoms with E-state index in [2.05, 4.69) is 4.98 Å². The van der Waals surface area contributed by atoms with Crippen molar-refractivity contribution in [3.05, 3.63) is 28.9 Å². The molecule has 3 rings (SSSR count). The molecule has 0 bridgehead atoms. The number of amides is 1. The number of fused-ring (bicyclic) bond motifs is 1. The number of rotatable bonds is 4. The summed E-state index contributed by atoms with van der Waals surface area (Å²) in [5.41, 5.74) is 0.758. The quantitative estimate of drug-likeness (QED) is 0.866. The maximum Gasteiger partial charge on any atom is 0.270 e. The summed E-state index contributed by atoms with van der Waals surface area (Å²) in [5, 5.41) is 11.4. The van der Waals surface area contributed by atoms with Crippen LogP contribution in [0.4, 0.5) is 0 Å². The molecule has 0 saturated carbocycles. The van der Waals surface area contributed by atoms with Gasteiger partial charge in [-0.05, 0) is 51.2 Å². The molecule has 1 fully saturated rings. The molecular formula is C19H25ClN2O3. The molecule has 2 heterocycles. The molecule has 1 aliphatic heterocycles. The van der Waals surface area contributed by atoms with Crippen molar-refractivity contribution in [2.24, 2.45) is 5.92 Å². The van der Waals surface area contributed by atoms with Gasteiger partial charge in [0.1, 0.15) is 11.4 Å². The van der Waals surface area contributed by atoms with Crippen molar-refractivity contribution in [3.63, 3.8) is 0 Å². The number of aliphatic hydroxyl groups is 1. The van der Waals surface area contributed by atoms with Crippen molar-refractivity contribution in [1.29, 1.82) is 0 Å². The van der Waals surface area contributed by atoms with Gasteiger partial charge in [0, 0.05) is 30.1 Å². The normalized spacial score (nSPS) is 16.4. The zero-order valence-electron chi connectivity index (χ0n) is 14.9. The van der Waals surface area contributed by atoms with Crippen LogP contribution in [0.15, 0.2) is 18.2 Å². The van der Waals surface area contributed by atoms with Crippen LogP contribution >= 0.6 is 11.6 Å². The van der Waals surface area contributed by atoms with E-state index in [-0.39, 0.29) is 5.91 Å². The van der Waals surface area contributed by atoms with Crippen LogP contribution in [0.2, 0.25) is 5.02 Å². The van der Waals surface area contributed by atoms with Crippen LogP contribution in [0, 0.1) is 5.92 Å². The third-order valence-corrected chi connectivity index (χ3v) is 5.11. The van der Waals surface area contributed by atoms with Gasteiger partial charge in [0.25, 0.3) is 5.91 Å². The van der Waals surface area contributed by atoms with Crippen molar-refractivity contribution in [3.8, 4) is 5.75 Å². The summed E-state index contributed by atoms with van der Waals surface area (Å²) < 4.78 is 5.22. The van der Waals surface area contributed by atoms with Crippen LogP contribution in [0.1, 0.15) is 43.6 Å². The molecule has 0 atom stereocenters. The minimum absolute atomic E-state index is 0.00741. The summed E-state index contributed by atoms with van der Waals surface area (Å²) in [6, 6.07) is 5.45. The second-order valence-electron chi connectivity index (χ2n) is 7.51. The molecule has 0 spiro atoms. The number of nitrogens with zero attached hydrogens (tertiary/aromatic N) is 1. The number of hydrogen-bond donors (Lipinski definition) is 2. The average Bonchev–Trinajstić information content (AvgIpc) is 2.95. The Kier molecular flexibility index (Phi) is 4.98. The first-order chi connectivity index (χ1) is 11.8. The fraction of sp³-hybridized carbons (Fsp3) is 0.526. The van der Waals surface area contributed by atoms with Crippen LogP contribution in [-0.2, 0) is 0 Å². The van der Waals surface area contributed by atoms with Gasteiger partial charge in [0.2, 0.25) is 0 Å². The first kappa shape index (κ1) is 18.1. The van der Waals surface area contributed by atoms with Gasteiger partial charge in [-0.15, -0.1) is 0 Å². The number of halogens is 1. The Morgan fingerprint density at radius 2 is 2.04 bits per heavy atom. The first-order valence-corrected chi connectivity index (χ1v) is 9.02. The predicted molar refractivity (Wildman–Crippen MR) is 99.4 cm³/mol. The zero-order valence-corrected chi connectivity index (χ0v) is 15.7. The van der Waals surface area contributed by atoms with Crippen LogP contribution < -0.4 is 4.74 Å². The average molecular weight is 365 g/mol. The Morgan fingerprint density at radius 1 is 1.36 bits per heavy atom. The molecule has 0 unspecified atom stereocenters. The van der Waals surface area contributed by atoms with Crippen molar-refractivity contribution < 1.29 is 14.6 Å². The van der Waals surface area contributed by atoms with E-state index in [1.54, 1.807) is 13.2 Å². The topological polar surface area (TPSA) is 65.6 Å². The van der Waals surface area contributed by atoms with E-state index >= 15 is 0 Å². The summed E-state index contributed by atoms with van der Waals surface area (Å²) in [6.07, 6.45) is 2.63. The van der Waals surface area contributed by atoms with E-state index in [0.29, 0.717) is 22.4 Å². The molecule has 2 aromatic rings. The minimum Gasteiger partial charge on any atom is -0.495 e. The Hall–Kier alpha value is -1.72. The number of hydrogen-bond acceptors (Lipinski definition) is 3. The molecule has 0 aliphatic carbocycles. The number of nitrogens with one attached hydrogen (secondary N) is 1. The van der Waals surface area contributed by atoms with Crippen LogP contribution in [0.3, 0.4) is 0 Å². The highest BCUT2D eigenvalue weighted by molar-refractivity contribution is 6.32. The lowest BCUT2D eigenvalue weighted by Crippen LogP contribution is -2.40. The highest BCUT2D eigenvalue weighted by Crippen LogP contribution is 2.31. The maximum atomic E-state index is 12.8. The number of carbonyl (C=O) groups excluding carboxylic acids is 1. The molecule has 2 N–H and O–H groups in total. The molecule has 6 heteroatoms. The zero-order chi connectivity index (χ0) is 18.2. The Labute approximate surface area is 152 Å². The number of H-pyrrole nitrogens is 1. The smallest absolute Gasteiger partial charge is 0.270 e. The summed E-state index contributed by atoms with van der Waals surface area (Å²) in [7, 11) is 1.57. The van der Waals surface area contributed by atoms with Gasteiger partial charge in [-0.1, -0.05) is 11.6 Å². The monoisotopic (exact) mass is 364 g/mol. The molecule has 25 heavy (non-hydrogen) atoms. The lowest BCUT2D eigenvalue weighted by molar-refractivity contribution is 0.0357. The minimum atomic E-state index is -0.646. The van der Waals surface area contributed by atoms with Gasteiger partial charge in [-0.2, -0.15) is 0 Å². The molecular weight excluding hydrogens is 340 g/mol. The predicted octanol–water partition coefficient (Wildman–Crippen LogP) is 3.84. The molecule has 1 amide bonds. The molecule has 1 saturated heterocycles. The van der Waals surface area contributed by atoms with Gasteiger partial charge in [0.05, 0.1) is 17.7 Å². The number of ether oxygens (including phenoxy) is 1. The Bertz CT molecular complexity index is 771. The number of aromatic amines is 1. The largest absolute Gasteiger partial charge is 0.495 e. The lowest BCUT2D eigenvalue weighted by atomic mass is 9.86. The maximum absolute atomic E-state index is 12.8. The van der Waals surface area contributed by atoms with Gasteiger partial charge < -0.3 is 19.7 Å². The highest BCUT2D eigenvalue weighted by atomic mass is 35.5. The van der Waals surface area contributed by atoms with Gasteiger partial charge in [-0.25, -0.2) is 0 Å². The van der Waals surface area contributed by atoms with Gasteiger partial charge >= 0.3 is 0 Å². The van der Waals surface area contributed by atoms with E-state index in [9.17, 15) is 9.90 Å². The third-order valence-electron chi connectivity index (χ3n) is 4.81. The van der Waals surface area contributed by atoms with Crippen molar-refractivity contribution in [2.75, 3.05) is 20.2 Å². The summed E-state index contributed by atoms with van der Waals surface area (Å²) >= 11 is 6.15. The first-order valence-electron chi connectivity index (χ1n) is 8.65. The summed E-state index contributed by atoms with van der Waals surface area (Å²) in [4.78, 5) is 17.8. The van der Waals surface area contributed by atoms with Crippen LogP contribution in [-0.4, -0.2) is 46.7 Å². The number of methoxy groups -OCH3 is 1. The lowest BCUT2D eigenvalue weighted by Gasteiger charge is -2.34. The van der Waals surface area contributed by atoms with Crippen molar-refractivity contribution >= 4 is 28.4 Å². The molecule has 0 radical (unpaired) electrons. The van der Waals surface area contributed by atoms with Crippen LogP contribution in [0.5, 0.6) is 5.75 Å². The van der Waals surface area contributed by atoms with E-state index in [4.69, 9.17) is 16.3 Å². The number of carbonyl (C=O) groups is 1. The third kappa shape index (κ3) is 4.10. The van der Waals surface area contributed by atoms with Gasteiger partial charge in [0.15, 0.2) is 0 Å². The fourth-order valence-electron chi connectivity index (χ4n) is 3.62. The Morgan fingerprint density at radius 3 is 2.64 bits per heavy atom. The fourth-order valence-corrected chi connectivity index (χ4v) is 3.87. The number of piperidine rings is 1. The molecule has 5 nitrogen and oxygen atoms in total. The SMILES string of the molecule is COc1cc2[nH]c(C(=O)N3CCC(CC(C)(C)O)CC3)cc2cc1Cl. The molecule has 1 aromatic heterocycles. The van der Waals surface area contributed by atoms with Crippen LogP contribution in [0.25, 0.3) is 10.9 Å². The Balaban J connectivity index is 1.70. The standard InChI is InChI=1S/C19H25ClN2O3/c1-19(2,24)11-12-4-6-22(7-5-12)18(23)16-9-13-8-14(20)17(25-3)10-15(13)21-16/h8-10,12,21,24H,4-7,11H2,1-3H3. The second kappa shape index (κ2) is 6.89. The van der Waals surface area contributed by atoms with Crippen molar-refractivity contribution in [2.45, 2.75) is 38.7 Å². The van der Waals surface area contributed by atoms with E-state index in [1.165, 1.54) is 0 Å². The summed E-state index contributed by atoms with van der Waals surface area (Å²) in [6.45, 7) is 5.13. The molecule has 136 valence electrons. The summed E-state index contributed by atoms with van der Waals surface area (Å²) in [5.74, 6) is 1.06. The van der Waals surface area contributed by atoms with Crippen molar-refractivity contribution in [1.82, 2.24) is 9.88 Å². The number of likely N-dealkylation sites (tertiary alicyclic amines) is 1. The van der Waals surface area contributed by atoms with Gasteiger partial charge in [-0.3, -0.25) is 4.79 Å². The van der Waals surface area contributed by atoms with E-state index < -0.39 is 5.60 Å². The number of benzene rings is 1. The second-order valence-corrected chi connectivity index (χ2v) is 7.92. The molecule has 1 aliphatic rings. The molecule has 1 aromatic carbocycles. The van der Waals surface area contributed by atoms with E-state index in [1.807, 2.05) is 30.9 Å². The van der Waals surface area contributed by atoms with E-state index in [0.717, 1.165) is 43.3 Å². The number of aromatic nitrogens is 1. The highest BCUT2D eigenvalue weighted by Gasteiger charge is 2.28.